The third kappa shape index (κ3) is 6.27. The first-order chi connectivity index (χ1) is 11.3. The predicted molar refractivity (Wildman–Crippen MR) is 96.5 cm³/mol. The van der Waals surface area contributed by atoms with Crippen molar-refractivity contribution in [3.63, 3.8) is 0 Å². The van der Waals surface area contributed by atoms with Gasteiger partial charge in [-0.05, 0) is 12.8 Å². The number of hydrogen-bond donors (Lipinski definition) is 2. The topological polar surface area (TPSA) is 94.1 Å². The van der Waals surface area contributed by atoms with Crippen LogP contribution in [-0.2, 0) is 14.8 Å². The van der Waals surface area contributed by atoms with E-state index in [1.165, 1.54) is 4.90 Å². The second kappa shape index (κ2) is 9.83. The van der Waals surface area contributed by atoms with Crippen molar-refractivity contribution in [2.45, 2.75) is 38.4 Å². The lowest BCUT2D eigenvalue weighted by Gasteiger charge is -2.22. The lowest BCUT2D eigenvalue weighted by molar-refractivity contribution is -0.127. The van der Waals surface area contributed by atoms with Crippen LogP contribution in [0, 0.1) is 0 Å². The van der Waals surface area contributed by atoms with Gasteiger partial charge in [0.15, 0.2) is 5.96 Å². The zero-order valence-corrected chi connectivity index (χ0v) is 16.0. The predicted octanol–water partition coefficient (Wildman–Crippen LogP) is -0.166. The number of sulfonamides is 1. The maximum absolute atomic E-state index is 12.2. The van der Waals surface area contributed by atoms with Gasteiger partial charge in [-0.15, -0.1) is 0 Å². The van der Waals surface area contributed by atoms with Crippen LogP contribution in [0.1, 0.15) is 33.1 Å². The fourth-order valence-corrected chi connectivity index (χ4v) is 3.85. The third-order valence-corrected chi connectivity index (χ3v) is 5.86. The Morgan fingerprint density at radius 3 is 2.62 bits per heavy atom. The molecule has 0 radical (unpaired) electrons. The van der Waals surface area contributed by atoms with Gasteiger partial charge in [-0.3, -0.25) is 4.79 Å². The molecule has 8 nitrogen and oxygen atoms in total. The summed E-state index contributed by atoms with van der Waals surface area (Å²) < 4.78 is 26.9. The lowest BCUT2D eigenvalue weighted by Crippen LogP contribution is -2.43. The average molecular weight is 362 g/mol. The minimum atomic E-state index is -3.30. The molecular weight excluding hydrogens is 330 g/mol. The Morgan fingerprint density at radius 2 is 2.04 bits per heavy atom. The van der Waals surface area contributed by atoms with Gasteiger partial charge in [0.2, 0.25) is 15.9 Å². The lowest BCUT2D eigenvalue weighted by atomic mass is 10.3. The molecule has 0 aromatic heterocycles. The number of likely N-dealkylation sites (tertiary alicyclic amines) is 1. The van der Waals surface area contributed by atoms with E-state index in [1.807, 2.05) is 4.90 Å². The van der Waals surface area contributed by atoms with E-state index < -0.39 is 15.3 Å². The summed E-state index contributed by atoms with van der Waals surface area (Å²) in [5.41, 5.74) is 0. The smallest absolute Gasteiger partial charge is 0.243 e. The number of unbranched alkanes of at least 4 members (excludes halogenated alkanes) is 1. The van der Waals surface area contributed by atoms with Crippen molar-refractivity contribution in [1.29, 1.82) is 0 Å². The van der Waals surface area contributed by atoms with Crippen LogP contribution in [-0.4, -0.2) is 82.2 Å². The van der Waals surface area contributed by atoms with Crippen LogP contribution in [0.5, 0.6) is 0 Å². The van der Waals surface area contributed by atoms with Crippen molar-refractivity contribution in [2.24, 2.45) is 4.99 Å². The molecule has 9 heteroatoms. The highest BCUT2D eigenvalue weighted by Gasteiger charge is 2.34. The molecular formula is C15H31N5O3S. The number of nitrogens with one attached hydrogen (secondary N) is 2. The second-order valence-electron chi connectivity index (χ2n) is 6.11. The fourth-order valence-electron chi connectivity index (χ4n) is 2.42. The first-order valence-corrected chi connectivity index (χ1v) is 10.1. The largest absolute Gasteiger partial charge is 0.356 e. The number of nitrogens with zero attached hydrogens (tertiary/aromatic N) is 3. The first kappa shape index (κ1) is 20.7. The van der Waals surface area contributed by atoms with Crippen LogP contribution in [0.3, 0.4) is 0 Å². The summed E-state index contributed by atoms with van der Waals surface area (Å²) in [5.74, 6) is 0.536. The van der Waals surface area contributed by atoms with E-state index in [0.29, 0.717) is 32.0 Å². The van der Waals surface area contributed by atoms with E-state index >= 15 is 0 Å². The number of hydrogen-bond acceptors (Lipinski definition) is 4. The van der Waals surface area contributed by atoms with E-state index in [4.69, 9.17) is 0 Å². The molecule has 0 bridgehead atoms. The maximum Gasteiger partial charge on any atom is 0.243 e. The monoisotopic (exact) mass is 361 g/mol. The molecule has 1 aliphatic rings. The third-order valence-electron chi connectivity index (χ3n) is 3.91. The normalized spacial score (nSPS) is 18.8. The molecule has 0 aliphatic carbocycles. The van der Waals surface area contributed by atoms with Crippen molar-refractivity contribution in [2.75, 3.05) is 46.8 Å². The number of carbonyl (C=O) groups is 1. The Kier molecular flexibility index (Phi) is 8.47. The Morgan fingerprint density at radius 1 is 1.33 bits per heavy atom. The fraction of sp³-hybridized carbons (Fsp3) is 0.867. The first-order valence-electron chi connectivity index (χ1n) is 8.53. The summed E-state index contributed by atoms with van der Waals surface area (Å²) in [6, 6.07) is 0. The zero-order chi connectivity index (χ0) is 18.2. The molecule has 1 unspecified atom stereocenters. The number of aliphatic imine (C=N–C) groups is 1. The number of amides is 1. The van der Waals surface area contributed by atoms with Gasteiger partial charge < -0.3 is 15.1 Å². The molecule has 1 rings (SSSR count). The summed E-state index contributed by atoms with van der Waals surface area (Å²) in [7, 11) is 0.0868. The quantitative estimate of drug-likeness (QED) is 0.356. The van der Waals surface area contributed by atoms with Gasteiger partial charge in [0.05, 0.1) is 5.25 Å². The van der Waals surface area contributed by atoms with E-state index in [2.05, 4.69) is 22.0 Å². The zero-order valence-electron chi connectivity index (χ0n) is 15.2. The summed E-state index contributed by atoms with van der Waals surface area (Å²) >= 11 is 0. The molecule has 0 aromatic rings. The Hall–Kier alpha value is -1.35. The molecule has 2 N–H and O–H groups in total. The molecule has 1 atom stereocenters. The van der Waals surface area contributed by atoms with Crippen LogP contribution >= 0.6 is 0 Å². The highest BCUT2D eigenvalue weighted by molar-refractivity contribution is 7.90. The van der Waals surface area contributed by atoms with Gasteiger partial charge in [-0.2, -0.15) is 0 Å². The maximum atomic E-state index is 12.2. The molecule has 0 aromatic carbocycles. The van der Waals surface area contributed by atoms with E-state index in [9.17, 15) is 13.2 Å². The Balaban J connectivity index is 2.76. The molecule has 0 spiro atoms. The average Bonchev–Trinajstić information content (AvgIpc) is 3.01. The Bertz CT molecular complexity index is 533. The van der Waals surface area contributed by atoms with Crippen LogP contribution in [0.25, 0.3) is 0 Å². The van der Waals surface area contributed by atoms with Crippen molar-refractivity contribution >= 4 is 21.9 Å². The van der Waals surface area contributed by atoms with Gasteiger partial charge in [0, 0.05) is 40.3 Å². The number of likely N-dealkylation sites (N-methyl/N-ethyl adjacent to an activating group) is 1. The van der Waals surface area contributed by atoms with Gasteiger partial charge in [0.25, 0.3) is 0 Å². The van der Waals surface area contributed by atoms with Crippen molar-refractivity contribution < 1.29 is 13.2 Å². The molecule has 1 heterocycles. The van der Waals surface area contributed by atoms with Gasteiger partial charge >= 0.3 is 0 Å². The number of rotatable bonds is 8. The second-order valence-corrected chi connectivity index (χ2v) is 8.15. The van der Waals surface area contributed by atoms with Gasteiger partial charge in [-0.25, -0.2) is 18.1 Å². The summed E-state index contributed by atoms with van der Waals surface area (Å²) in [6.07, 6.45) is 2.60. The summed E-state index contributed by atoms with van der Waals surface area (Å²) in [5, 5.41) is 2.81. The summed E-state index contributed by atoms with van der Waals surface area (Å²) in [6.45, 7) is 6.09. The van der Waals surface area contributed by atoms with Crippen LogP contribution in [0.15, 0.2) is 4.99 Å². The standard InChI is InChI=1S/C15H31N5O3S/c1-5-7-9-16-15(17-11-14(21)19(3)4)20-10-8-13(12-20)24(22,23)18-6-2/h13,18H,5-12H2,1-4H3,(H,16,17). The van der Waals surface area contributed by atoms with E-state index in [-0.39, 0.29) is 12.5 Å². The van der Waals surface area contributed by atoms with E-state index in [0.717, 1.165) is 19.4 Å². The molecule has 24 heavy (non-hydrogen) atoms. The Labute approximate surface area is 145 Å². The van der Waals surface area contributed by atoms with Crippen molar-refractivity contribution in [3.05, 3.63) is 0 Å². The molecule has 1 fully saturated rings. The molecule has 140 valence electrons. The molecule has 1 aliphatic heterocycles. The highest BCUT2D eigenvalue weighted by atomic mass is 32.2. The molecule has 1 amide bonds. The molecule has 0 saturated carbocycles. The van der Waals surface area contributed by atoms with Gasteiger partial charge in [-0.1, -0.05) is 20.3 Å². The van der Waals surface area contributed by atoms with Crippen LogP contribution in [0.2, 0.25) is 0 Å². The number of guanidine groups is 1. The van der Waals surface area contributed by atoms with Crippen molar-refractivity contribution in [1.82, 2.24) is 19.8 Å². The minimum Gasteiger partial charge on any atom is -0.356 e. The van der Waals surface area contributed by atoms with Crippen LogP contribution < -0.4 is 10.0 Å². The summed E-state index contributed by atoms with van der Waals surface area (Å²) in [4.78, 5) is 19.6. The SMILES string of the molecule is CCCCNC(=NCC(=O)N(C)C)N1CCC(S(=O)(=O)NCC)C1. The van der Waals surface area contributed by atoms with Gasteiger partial charge in [0.1, 0.15) is 6.54 Å². The van der Waals surface area contributed by atoms with E-state index in [1.54, 1.807) is 21.0 Å². The highest BCUT2D eigenvalue weighted by Crippen LogP contribution is 2.16. The molecule has 1 saturated heterocycles. The number of carbonyl (C=O) groups excluding carboxylic acids is 1. The van der Waals surface area contributed by atoms with Crippen LogP contribution in [0.4, 0.5) is 0 Å². The minimum absolute atomic E-state index is 0.0581. The van der Waals surface area contributed by atoms with Crippen molar-refractivity contribution in [3.8, 4) is 0 Å².